The Morgan fingerprint density at radius 2 is 2.00 bits per heavy atom. The summed E-state index contributed by atoms with van der Waals surface area (Å²) in [5, 5.41) is 8.31. The first-order valence-corrected chi connectivity index (χ1v) is 8.62. The maximum absolute atomic E-state index is 12.3. The molecule has 0 fully saturated rings. The van der Waals surface area contributed by atoms with Gasteiger partial charge in [-0.2, -0.15) is 0 Å². The number of benzene rings is 1. The van der Waals surface area contributed by atoms with Crippen LogP contribution in [0.2, 0.25) is 0 Å². The molecule has 0 radical (unpaired) electrons. The molecule has 0 spiro atoms. The van der Waals surface area contributed by atoms with E-state index in [-0.39, 0.29) is 17.1 Å². The molecule has 0 bridgehead atoms. The number of para-hydroxylation sites is 1. The molecule has 1 aromatic heterocycles. The third kappa shape index (κ3) is 4.50. The Morgan fingerprint density at radius 1 is 1.29 bits per heavy atom. The maximum Gasteiger partial charge on any atom is 0.277 e. The van der Waals surface area contributed by atoms with Gasteiger partial charge in [-0.05, 0) is 12.0 Å². The molecular weight excluding hydrogens is 326 g/mol. The maximum atomic E-state index is 12.3. The van der Waals surface area contributed by atoms with Crippen LogP contribution < -0.4 is 4.74 Å². The molecule has 1 unspecified atom stereocenters. The molecule has 1 atom stereocenters. The normalized spacial score (nSPS) is 12.2. The number of methoxy groups -OCH3 is 1. The van der Waals surface area contributed by atoms with Gasteiger partial charge in [0.05, 0.1) is 18.8 Å². The van der Waals surface area contributed by atoms with Gasteiger partial charge in [0.2, 0.25) is 11.8 Å². The summed E-state index contributed by atoms with van der Waals surface area (Å²) in [6.45, 7) is 4.01. The van der Waals surface area contributed by atoms with Crippen molar-refractivity contribution in [2.24, 2.45) is 5.92 Å². The summed E-state index contributed by atoms with van der Waals surface area (Å²) in [6, 6.07) is 7.71. The SMILES string of the molecule is COc1ccccc1Cc1nnc(SC(C(=O)N(C)C)C(C)C)o1. The van der Waals surface area contributed by atoms with E-state index in [2.05, 4.69) is 10.2 Å². The Hall–Kier alpha value is -2.02. The summed E-state index contributed by atoms with van der Waals surface area (Å²) in [4.78, 5) is 13.9. The lowest BCUT2D eigenvalue weighted by atomic mass is 10.1. The van der Waals surface area contributed by atoms with Crippen LogP contribution in [0.4, 0.5) is 0 Å². The third-order valence-electron chi connectivity index (χ3n) is 3.50. The lowest BCUT2D eigenvalue weighted by Gasteiger charge is -2.21. The number of rotatable bonds is 7. The van der Waals surface area contributed by atoms with Gasteiger partial charge in [-0.15, -0.1) is 10.2 Å². The highest BCUT2D eigenvalue weighted by Gasteiger charge is 2.27. The fourth-order valence-electron chi connectivity index (χ4n) is 2.20. The number of hydrogen-bond donors (Lipinski definition) is 0. The molecule has 1 amide bonds. The Balaban J connectivity index is 2.11. The van der Waals surface area contributed by atoms with E-state index in [4.69, 9.17) is 9.15 Å². The zero-order chi connectivity index (χ0) is 17.7. The lowest BCUT2D eigenvalue weighted by Crippen LogP contribution is -2.34. The molecule has 24 heavy (non-hydrogen) atoms. The monoisotopic (exact) mass is 349 g/mol. The number of thioether (sulfide) groups is 1. The van der Waals surface area contributed by atoms with Crippen molar-refractivity contribution >= 4 is 17.7 Å². The molecule has 0 N–H and O–H groups in total. The van der Waals surface area contributed by atoms with E-state index in [0.717, 1.165) is 11.3 Å². The summed E-state index contributed by atoms with van der Waals surface area (Å²) < 4.78 is 11.0. The molecule has 6 nitrogen and oxygen atoms in total. The molecule has 0 saturated carbocycles. The van der Waals surface area contributed by atoms with Gasteiger partial charge in [-0.1, -0.05) is 43.8 Å². The zero-order valence-corrected chi connectivity index (χ0v) is 15.5. The number of carbonyl (C=O) groups is 1. The number of hydrogen-bond acceptors (Lipinski definition) is 6. The van der Waals surface area contributed by atoms with E-state index < -0.39 is 0 Å². The average Bonchev–Trinajstić information content (AvgIpc) is 2.99. The van der Waals surface area contributed by atoms with Crippen molar-refractivity contribution in [1.82, 2.24) is 15.1 Å². The van der Waals surface area contributed by atoms with Crippen molar-refractivity contribution in [2.75, 3.05) is 21.2 Å². The second-order valence-corrected chi connectivity index (χ2v) is 7.06. The minimum Gasteiger partial charge on any atom is -0.496 e. The largest absolute Gasteiger partial charge is 0.496 e. The number of carbonyl (C=O) groups excluding carboxylic acids is 1. The van der Waals surface area contributed by atoms with Crippen molar-refractivity contribution in [2.45, 2.75) is 30.7 Å². The minimum atomic E-state index is -0.250. The molecule has 0 aliphatic heterocycles. The van der Waals surface area contributed by atoms with Crippen molar-refractivity contribution in [3.8, 4) is 5.75 Å². The van der Waals surface area contributed by atoms with Crippen molar-refractivity contribution in [3.63, 3.8) is 0 Å². The zero-order valence-electron chi connectivity index (χ0n) is 14.6. The van der Waals surface area contributed by atoms with Gasteiger partial charge in [-0.3, -0.25) is 4.79 Å². The van der Waals surface area contributed by atoms with Crippen molar-refractivity contribution < 1.29 is 13.9 Å². The highest BCUT2D eigenvalue weighted by atomic mass is 32.2. The highest BCUT2D eigenvalue weighted by molar-refractivity contribution is 8.00. The third-order valence-corrected chi connectivity index (χ3v) is 4.87. The number of aromatic nitrogens is 2. The number of ether oxygens (including phenoxy) is 1. The summed E-state index contributed by atoms with van der Waals surface area (Å²) in [5.41, 5.74) is 0.977. The smallest absolute Gasteiger partial charge is 0.277 e. The van der Waals surface area contributed by atoms with Crippen LogP contribution in [0.3, 0.4) is 0 Å². The highest BCUT2D eigenvalue weighted by Crippen LogP contribution is 2.29. The van der Waals surface area contributed by atoms with Crippen molar-refractivity contribution in [3.05, 3.63) is 35.7 Å². The van der Waals surface area contributed by atoms with Crippen LogP contribution in [0.15, 0.2) is 33.9 Å². The van der Waals surface area contributed by atoms with Gasteiger partial charge in [0.25, 0.3) is 5.22 Å². The van der Waals surface area contributed by atoms with Crippen LogP contribution in [-0.2, 0) is 11.2 Å². The number of nitrogens with zero attached hydrogens (tertiary/aromatic N) is 3. The molecule has 0 saturated heterocycles. The van der Waals surface area contributed by atoms with Gasteiger partial charge >= 0.3 is 0 Å². The van der Waals surface area contributed by atoms with Crippen LogP contribution in [0.25, 0.3) is 0 Å². The van der Waals surface area contributed by atoms with Crippen LogP contribution >= 0.6 is 11.8 Å². The van der Waals surface area contributed by atoms with Crippen molar-refractivity contribution in [1.29, 1.82) is 0 Å². The molecule has 0 aliphatic rings. The second-order valence-electron chi connectivity index (χ2n) is 5.97. The molecule has 2 aromatic rings. The first-order chi connectivity index (χ1) is 11.4. The molecule has 7 heteroatoms. The lowest BCUT2D eigenvalue weighted by molar-refractivity contribution is -0.128. The van der Waals surface area contributed by atoms with E-state index >= 15 is 0 Å². The van der Waals surface area contributed by atoms with Gasteiger partial charge in [0.15, 0.2) is 0 Å². The molecule has 2 rings (SSSR count). The Bertz CT molecular complexity index is 685. The Kier molecular flexibility index (Phi) is 6.25. The molecule has 130 valence electrons. The molecule has 1 heterocycles. The van der Waals surface area contributed by atoms with E-state index in [0.29, 0.717) is 17.5 Å². The average molecular weight is 349 g/mol. The topological polar surface area (TPSA) is 68.5 Å². The fourth-order valence-corrected chi connectivity index (χ4v) is 3.24. The van der Waals surface area contributed by atoms with Gasteiger partial charge < -0.3 is 14.1 Å². The standard InChI is InChI=1S/C17H23N3O3S/c1-11(2)15(16(21)20(3)4)24-17-19-18-14(23-17)10-12-8-6-7-9-13(12)22-5/h6-9,11,15H,10H2,1-5H3. The Morgan fingerprint density at radius 3 is 2.62 bits per heavy atom. The van der Waals surface area contributed by atoms with Gasteiger partial charge in [0, 0.05) is 19.7 Å². The summed E-state index contributed by atoms with van der Waals surface area (Å²) in [7, 11) is 5.13. The first kappa shape index (κ1) is 18.3. The van der Waals surface area contributed by atoms with Crippen LogP contribution in [0.1, 0.15) is 25.3 Å². The predicted molar refractivity (Wildman–Crippen MR) is 93.3 cm³/mol. The summed E-state index contributed by atoms with van der Waals surface area (Å²) >= 11 is 1.31. The van der Waals surface area contributed by atoms with Gasteiger partial charge in [-0.25, -0.2) is 0 Å². The van der Waals surface area contributed by atoms with Gasteiger partial charge in [0.1, 0.15) is 5.75 Å². The fraction of sp³-hybridized carbons (Fsp3) is 0.471. The first-order valence-electron chi connectivity index (χ1n) is 7.74. The van der Waals surface area contributed by atoms with E-state index in [1.54, 1.807) is 26.1 Å². The summed E-state index contributed by atoms with van der Waals surface area (Å²) in [5.74, 6) is 1.49. The van der Waals surface area contributed by atoms with Crippen LogP contribution in [0, 0.1) is 5.92 Å². The van der Waals surface area contributed by atoms with E-state index in [1.807, 2.05) is 38.1 Å². The minimum absolute atomic E-state index is 0.0412. The second kappa shape index (κ2) is 8.19. The molecule has 0 aliphatic carbocycles. The quantitative estimate of drug-likeness (QED) is 0.716. The molecule has 1 aromatic carbocycles. The van der Waals surface area contributed by atoms with E-state index in [1.165, 1.54) is 11.8 Å². The predicted octanol–water partition coefficient (Wildman–Crippen LogP) is 2.87. The van der Waals surface area contributed by atoms with Crippen LogP contribution in [-0.4, -0.2) is 47.5 Å². The molecular formula is C17H23N3O3S. The summed E-state index contributed by atoms with van der Waals surface area (Å²) in [6.07, 6.45) is 0.492. The number of amides is 1. The van der Waals surface area contributed by atoms with E-state index in [9.17, 15) is 4.79 Å². The Labute approximate surface area is 146 Å². The van der Waals surface area contributed by atoms with Crippen LogP contribution in [0.5, 0.6) is 5.75 Å².